The van der Waals surface area contributed by atoms with Gasteiger partial charge in [-0.05, 0) is 36.8 Å². The average Bonchev–Trinajstić information content (AvgIpc) is 3.48. The molecule has 2 saturated carbocycles. The summed E-state index contributed by atoms with van der Waals surface area (Å²) in [6, 6.07) is 4.08. The van der Waals surface area contributed by atoms with E-state index in [-0.39, 0.29) is 17.7 Å². The molecule has 3 aliphatic rings. The number of hydrogen-bond donors (Lipinski definition) is 0. The first kappa shape index (κ1) is 16.7. The first-order valence-corrected chi connectivity index (χ1v) is 9.68. The smallest absolute Gasteiger partial charge is 0.226 e. The normalized spacial score (nSPS) is 31.1. The van der Waals surface area contributed by atoms with E-state index in [1.54, 1.807) is 0 Å². The highest BCUT2D eigenvalue weighted by Crippen LogP contribution is 2.47. The number of carbonyl (C=O) groups excluding carboxylic acids is 2. The third-order valence-corrected chi connectivity index (χ3v) is 6.11. The molecule has 0 bridgehead atoms. The Balaban J connectivity index is 1.21. The minimum absolute atomic E-state index is 0.171. The molecule has 1 aromatic rings. The summed E-state index contributed by atoms with van der Waals surface area (Å²) in [5, 5.41) is 0. The Morgan fingerprint density at radius 1 is 1.04 bits per heavy atom. The van der Waals surface area contributed by atoms with E-state index >= 15 is 0 Å². The van der Waals surface area contributed by atoms with Gasteiger partial charge in [0.05, 0.1) is 0 Å². The van der Waals surface area contributed by atoms with Crippen LogP contribution in [0.3, 0.4) is 0 Å². The van der Waals surface area contributed by atoms with Gasteiger partial charge in [0.2, 0.25) is 11.8 Å². The van der Waals surface area contributed by atoms with E-state index in [1.165, 1.54) is 6.42 Å². The molecule has 2 heterocycles. The SMILES string of the molecule is C[C@@H]1C[C@@H]1C(=O)N1CCN(C(=O)CCc2ccc([C@@H]3C[C@@H]3C)o2)CC1. The monoisotopic (exact) mass is 344 g/mol. The molecule has 4 rings (SSSR count). The van der Waals surface area contributed by atoms with Crippen molar-refractivity contribution < 1.29 is 14.0 Å². The van der Waals surface area contributed by atoms with Crippen molar-refractivity contribution in [3.63, 3.8) is 0 Å². The zero-order valence-corrected chi connectivity index (χ0v) is 15.2. The molecule has 136 valence electrons. The minimum Gasteiger partial charge on any atom is -0.466 e. The fraction of sp³-hybridized carbons (Fsp3) is 0.700. The van der Waals surface area contributed by atoms with Crippen LogP contribution in [0.1, 0.15) is 50.5 Å². The molecule has 0 unspecified atom stereocenters. The number of hydrogen-bond acceptors (Lipinski definition) is 3. The first-order valence-electron chi connectivity index (χ1n) is 9.68. The number of furan rings is 1. The number of piperazine rings is 1. The van der Waals surface area contributed by atoms with Gasteiger partial charge in [0.1, 0.15) is 11.5 Å². The van der Waals surface area contributed by atoms with Crippen LogP contribution < -0.4 is 0 Å². The molecular weight excluding hydrogens is 316 g/mol. The maximum Gasteiger partial charge on any atom is 0.226 e. The molecular formula is C20H28N2O3. The molecule has 1 aromatic heterocycles. The van der Waals surface area contributed by atoms with Gasteiger partial charge in [-0.25, -0.2) is 0 Å². The molecule has 1 aliphatic heterocycles. The van der Waals surface area contributed by atoms with E-state index in [0.717, 1.165) is 23.9 Å². The summed E-state index contributed by atoms with van der Waals surface area (Å²) in [6.07, 6.45) is 3.40. The standard InChI is InChI=1S/C20H28N2O3/c1-13-11-16(13)18-5-3-15(25-18)4-6-19(23)21-7-9-22(10-8-21)20(24)17-12-14(17)2/h3,5,13-14,16-17H,4,6-12H2,1-2H3/t13-,14+,16+,17-/m0/s1. The maximum atomic E-state index is 12.4. The highest BCUT2D eigenvalue weighted by atomic mass is 16.3. The van der Waals surface area contributed by atoms with E-state index in [1.807, 2.05) is 15.9 Å². The third-order valence-electron chi connectivity index (χ3n) is 6.11. The van der Waals surface area contributed by atoms with Crippen molar-refractivity contribution in [3.8, 4) is 0 Å². The van der Waals surface area contributed by atoms with E-state index < -0.39 is 0 Å². The van der Waals surface area contributed by atoms with E-state index in [2.05, 4.69) is 19.9 Å². The van der Waals surface area contributed by atoms with Gasteiger partial charge in [-0.15, -0.1) is 0 Å². The Labute approximate surface area is 149 Å². The first-order chi connectivity index (χ1) is 12.0. The molecule has 1 saturated heterocycles. The Bertz CT molecular complexity index is 660. The lowest BCUT2D eigenvalue weighted by Crippen LogP contribution is -2.51. The number of amides is 2. The quantitative estimate of drug-likeness (QED) is 0.825. The molecule has 0 spiro atoms. The van der Waals surface area contributed by atoms with Crippen molar-refractivity contribution in [2.24, 2.45) is 17.8 Å². The summed E-state index contributed by atoms with van der Waals surface area (Å²) in [5.41, 5.74) is 0. The number of aryl methyl sites for hydroxylation is 1. The fourth-order valence-electron chi connectivity index (χ4n) is 3.91. The van der Waals surface area contributed by atoms with Crippen LogP contribution in [0.15, 0.2) is 16.5 Å². The van der Waals surface area contributed by atoms with Crippen LogP contribution in [0.5, 0.6) is 0 Å². The second-order valence-corrected chi connectivity index (χ2v) is 8.15. The maximum absolute atomic E-state index is 12.4. The highest BCUT2D eigenvalue weighted by Gasteiger charge is 2.42. The van der Waals surface area contributed by atoms with E-state index in [9.17, 15) is 9.59 Å². The number of nitrogens with zero attached hydrogens (tertiary/aromatic N) is 2. The van der Waals surface area contributed by atoms with Gasteiger partial charge >= 0.3 is 0 Å². The second kappa shape index (κ2) is 6.50. The summed E-state index contributed by atoms with van der Waals surface area (Å²) in [6.45, 7) is 7.05. The minimum atomic E-state index is 0.171. The van der Waals surface area contributed by atoms with Gasteiger partial charge in [0.25, 0.3) is 0 Å². The lowest BCUT2D eigenvalue weighted by molar-refractivity contribution is -0.140. The zero-order chi connectivity index (χ0) is 17.6. The number of carbonyl (C=O) groups is 2. The molecule has 25 heavy (non-hydrogen) atoms. The van der Waals surface area contributed by atoms with Gasteiger partial charge in [-0.2, -0.15) is 0 Å². The van der Waals surface area contributed by atoms with Gasteiger partial charge in [0.15, 0.2) is 0 Å². The van der Waals surface area contributed by atoms with Crippen molar-refractivity contribution in [1.29, 1.82) is 0 Å². The molecule has 0 radical (unpaired) electrons. The molecule has 5 heteroatoms. The van der Waals surface area contributed by atoms with Crippen LogP contribution >= 0.6 is 0 Å². The average molecular weight is 344 g/mol. The third kappa shape index (κ3) is 3.60. The summed E-state index contributed by atoms with van der Waals surface area (Å²) in [7, 11) is 0. The summed E-state index contributed by atoms with van der Waals surface area (Å²) in [4.78, 5) is 28.5. The molecule has 2 amide bonds. The lowest BCUT2D eigenvalue weighted by Gasteiger charge is -2.35. The van der Waals surface area contributed by atoms with Gasteiger partial charge in [-0.3, -0.25) is 9.59 Å². The summed E-state index contributed by atoms with van der Waals surface area (Å²) in [5.74, 6) is 4.56. The van der Waals surface area contributed by atoms with Crippen LogP contribution in [0.4, 0.5) is 0 Å². The largest absolute Gasteiger partial charge is 0.466 e. The fourth-order valence-corrected chi connectivity index (χ4v) is 3.91. The molecule has 5 nitrogen and oxygen atoms in total. The van der Waals surface area contributed by atoms with Gasteiger partial charge in [-0.1, -0.05) is 13.8 Å². The molecule has 0 aromatic carbocycles. The Morgan fingerprint density at radius 3 is 2.28 bits per heavy atom. The Morgan fingerprint density at radius 2 is 1.68 bits per heavy atom. The van der Waals surface area contributed by atoms with Crippen molar-refractivity contribution in [2.75, 3.05) is 26.2 Å². The Hall–Kier alpha value is -1.78. The molecule has 2 aliphatic carbocycles. The van der Waals surface area contributed by atoms with Crippen LogP contribution in [-0.4, -0.2) is 47.8 Å². The van der Waals surface area contributed by atoms with Crippen molar-refractivity contribution >= 4 is 11.8 Å². The van der Waals surface area contributed by atoms with Crippen LogP contribution in [0.2, 0.25) is 0 Å². The molecule has 0 N–H and O–H groups in total. The molecule has 4 atom stereocenters. The zero-order valence-electron chi connectivity index (χ0n) is 15.2. The summed E-state index contributed by atoms with van der Waals surface area (Å²) < 4.78 is 5.88. The predicted molar refractivity (Wildman–Crippen MR) is 94.0 cm³/mol. The highest BCUT2D eigenvalue weighted by molar-refractivity contribution is 5.82. The van der Waals surface area contributed by atoms with Crippen LogP contribution in [-0.2, 0) is 16.0 Å². The Kier molecular flexibility index (Phi) is 4.34. The van der Waals surface area contributed by atoms with E-state index in [4.69, 9.17) is 4.42 Å². The van der Waals surface area contributed by atoms with Gasteiger partial charge < -0.3 is 14.2 Å². The molecule has 3 fully saturated rings. The van der Waals surface area contributed by atoms with Crippen LogP contribution in [0, 0.1) is 17.8 Å². The van der Waals surface area contributed by atoms with Crippen molar-refractivity contribution in [1.82, 2.24) is 9.80 Å². The summed E-state index contributed by atoms with van der Waals surface area (Å²) >= 11 is 0. The van der Waals surface area contributed by atoms with Crippen molar-refractivity contribution in [3.05, 3.63) is 23.7 Å². The topological polar surface area (TPSA) is 53.8 Å². The second-order valence-electron chi connectivity index (χ2n) is 8.15. The van der Waals surface area contributed by atoms with Crippen LogP contribution in [0.25, 0.3) is 0 Å². The lowest BCUT2D eigenvalue weighted by atomic mass is 10.2. The number of rotatable bonds is 5. The van der Waals surface area contributed by atoms with Gasteiger partial charge in [0, 0.05) is 50.9 Å². The van der Waals surface area contributed by atoms with E-state index in [0.29, 0.717) is 50.9 Å². The predicted octanol–water partition coefficient (Wildman–Crippen LogP) is 2.66. The van der Waals surface area contributed by atoms with Crippen molar-refractivity contribution in [2.45, 2.75) is 45.4 Å².